The maximum absolute atomic E-state index is 14.5. The number of carboxylic acids is 1. The maximum atomic E-state index is 14.5. The van der Waals surface area contributed by atoms with Gasteiger partial charge in [-0.25, -0.2) is 9.79 Å². The molecule has 7 nitrogen and oxygen atoms in total. The SMILES string of the molecule is COC1CCCN(C2=NC3(CCC(C(C)(C)C)CC3)N([C@H](CCC(C)(C)C)c3ccc(C(=O)O)cc3)C2=O)C1. The first-order chi connectivity index (χ1) is 18.2. The van der Waals surface area contributed by atoms with Crippen LogP contribution in [0.2, 0.25) is 0 Å². The standard InChI is InChI=1S/C32H49N3O4/c1-30(2,3)17-16-26(22-10-12-23(13-11-22)29(37)38)35-28(36)27(34-20-8-9-25(21-34)39-7)33-32(35)18-14-24(15-19-32)31(4,5)6/h10-13,24-26H,8-9,14-21H2,1-7H3,(H,37,38)/t24?,25?,26-,32?/m1/s1. The van der Waals surface area contributed by atoms with Crippen molar-refractivity contribution in [3.63, 3.8) is 0 Å². The molecule has 3 aliphatic rings. The number of carboxylic acid groups (broad SMARTS) is 1. The number of carbonyl (C=O) groups excluding carboxylic acids is 1. The predicted molar refractivity (Wildman–Crippen MR) is 155 cm³/mol. The molecule has 2 atom stereocenters. The Hall–Kier alpha value is -2.41. The average molecular weight is 540 g/mol. The summed E-state index contributed by atoms with van der Waals surface area (Å²) in [5.74, 6) is 0.261. The van der Waals surface area contributed by atoms with Crippen LogP contribution in [0.1, 0.15) is 115 Å². The number of carbonyl (C=O) groups is 2. The minimum atomic E-state index is -0.939. The van der Waals surface area contributed by atoms with E-state index in [1.54, 1.807) is 19.2 Å². The maximum Gasteiger partial charge on any atom is 0.335 e. The third-order valence-corrected chi connectivity index (χ3v) is 9.22. The van der Waals surface area contributed by atoms with Gasteiger partial charge < -0.3 is 19.6 Å². The van der Waals surface area contributed by atoms with E-state index in [-0.39, 0.29) is 34.4 Å². The first-order valence-electron chi connectivity index (χ1n) is 14.8. The first-order valence-corrected chi connectivity index (χ1v) is 14.8. The molecule has 1 saturated carbocycles. The van der Waals surface area contributed by atoms with E-state index in [1.807, 2.05) is 12.1 Å². The van der Waals surface area contributed by atoms with Gasteiger partial charge in [-0.3, -0.25) is 4.79 Å². The highest BCUT2D eigenvalue weighted by atomic mass is 16.5. The molecule has 1 spiro atoms. The van der Waals surface area contributed by atoms with Crippen molar-refractivity contribution >= 4 is 17.7 Å². The average Bonchev–Trinajstić information content (AvgIpc) is 3.15. The Morgan fingerprint density at radius 2 is 1.74 bits per heavy atom. The minimum absolute atomic E-state index is 0.0159. The third kappa shape index (κ3) is 6.50. The van der Waals surface area contributed by atoms with Gasteiger partial charge in [-0.2, -0.15) is 0 Å². The van der Waals surface area contributed by atoms with Gasteiger partial charge in [0, 0.05) is 20.2 Å². The molecule has 216 valence electrons. The molecule has 1 saturated heterocycles. The van der Waals surface area contributed by atoms with E-state index in [2.05, 4.69) is 51.3 Å². The lowest BCUT2D eigenvalue weighted by atomic mass is 9.69. The van der Waals surface area contributed by atoms with Gasteiger partial charge in [-0.15, -0.1) is 0 Å². The number of aliphatic imine (C=N–C) groups is 1. The topological polar surface area (TPSA) is 82.4 Å². The Morgan fingerprint density at radius 1 is 1.10 bits per heavy atom. The molecule has 2 heterocycles. The fourth-order valence-electron chi connectivity index (χ4n) is 6.72. The molecular formula is C32H49N3O4. The normalized spacial score (nSPS) is 27.2. The molecule has 0 radical (unpaired) electrons. The molecule has 0 bridgehead atoms. The second-order valence-electron chi connectivity index (χ2n) is 14.2. The van der Waals surface area contributed by atoms with Gasteiger partial charge in [-0.05, 0) is 85.8 Å². The summed E-state index contributed by atoms with van der Waals surface area (Å²) in [5, 5.41) is 9.49. The number of aromatic carboxylic acids is 1. The van der Waals surface area contributed by atoms with Crippen LogP contribution >= 0.6 is 0 Å². The highest BCUT2D eigenvalue weighted by Crippen LogP contribution is 2.50. The van der Waals surface area contributed by atoms with Crippen LogP contribution in [0.4, 0.5) is 0 Å². The number of amides is 1. The number of piperidine rings is 1. The molecule has 1 unspecified atom stereocenters. The highest BCUT2D eigenvalue weighted by Gasteiger charge is 2.54. The summed E-state index contributed by atoms with van der Waals surface area (Å²) in [4.78, 5) is 35.7. The van der Waals surface area contributed by atoms with Gasteiger partial charge in [-0.1, -0.05) is 53.7 Å². The van der Waals surface area contributed by atoms with Gasteiger partial charge in [0.2, 0.25) is 0 Å². The zero-order valence-corrected chi connectivity index (χ0v) is 25.1. The lowest BCUT2D eigenvalue weighted by Gasteiger charge is -2.47. The molecule has 1 aliphatic carbocycles. The van der Waals surface area contributed by atoms with Crippen molar-refractivity contribution < 1.29 is 19.4 Å². The van der Waals surface area contributed by atoms with Crippen LogP contribution in [0.3, 0.4) is 0 Å². The van der Waals surface area contributed by atoms with E-state index < -0.39 is 11.6 Å². The first kappa shape index (κ1) is 29.6. The van der Waals surface area contributed by atoms with Crippen molar-refractivity contribution in [3.8, 4) is 0 Å². The second kappa shape index (κ2) is 11.2. The van der Waals surface area contributed by atoms with Crippen LogP contribution in [-0.4, -0.2) is 64.6 Å². The molecule has 4 rings (SSSR count). The number of benzene rings is 1. The quantitative estimate of drug-likeness (QED) is 0.444. The summed E-state index contributed by atoms with van der Waals surface area (Å²) in [6.45, 7) is 15.1. The number of methoxy groups -OCH3 is 1. The van der Waals surface area contributed by atoms with Crippen LogP contribution in [-0.2, 0) is 9.53 Å². The lowest BCUT2D eigenvalue weighted by Crippen LogP contribution is -2.53. The summed E-state index contributed by atoms with van der Waals surface area (Å²) < 4.78 is 5.69. The summed E-state index contributed by atoms with van der Waals surface area (Å²) in [7, 11) is 1.75. The van der Waals surface area contributed by atoms with Gasteiger partial charge in [0.1, 0.15) is 5.66 Å². The van der Waals surface area contributed by atoms with E-state index in [0.717, 1.165) is 63.5 Å². The molecule has 1 aromatic rings. The zero-order valence-electron chi connectivity index (χ0n) is 25.1. The van der Waals surface area contributed by atoms with Crippen molar-refractivity contribution in [2.45, 2.75) is 111 Å². The van der Waals surface area contributed by atoms with Gasteiger partial charge in [0.15, 0.2) is 5.84 Å². The van der Waals surface area contributed by atoms with E-state index in [9.17, 15) is 14.7 Å². The molecule has 1 aromatic carbocycles. The van der Waals surface area contributed by atoms with Gasteiger partial charge >= 0.3 is 5.97 Å². The molecule has 2 fully saturated rings. The number of ether oxygens (including phenoxy) is 1. The van der Waals surface area contributed by atoms with Crippen LogP contribution in [0, 0.1) is 16.7 Å². The summed E-state index contributed by atoms with van der Waals surface area (Å²) in [6.07, 6.45) is 7.60. The fourth-order valence-corrected chi connectivity index (χ4v) is 6.72. The minimum Gasteiger partial charge on any atom is -0.478 e. The van der Waals surface area contributed by atoms with Gasteiger partial charge in [0.25, 0.3) is 5.91 Å². The van der Waals surface area contributed by atoms with E-state index in [1.165, 1.54) is 0 Å². The van der Waals surface area contributed by atoms with Crippen LogP contribution in [0.5, 0.6) is 0 Å². The Bertz CT molecular complexity index is 1060. The Morgan fingerprint density at radius 3 is 2.28 bits per heavy atom. The smallest absolute Gasteiger partial charge is 0.335 e. The molecule has 2 aliphatic heterocycles. The van der Waals surface area contributed by atoms with E-state index in [4.69, 9.17) is 9.73 Å². The zero-order chi connectivity index (χ0) is 28.6. The summed E-state index contributed by atoms with van der Waals surface area (Å²) in [6, 6.07) is 6.97. The largest absolute Gasteiger partial charge is 0.478 e. The van der Waals surface area contributed by atoms with Crippen molar-refractivity contribution in [2.75, 3.05) is 20.2 Å². The molecule has 1 amide bonds. The number of amidine groups is 1. The predicted octanol–water partition coefficient (Wildman–Crippen LogP) is 6.54. The second-order valence-corrected chi connectivity index (χ2v) is 14.2. The van der Waals surface area contributed by atoms with Crippen molar-refractivity contribution in [1.29, 1.82) is 0 Å². The lowest BCUT2D eigenvalue weighted by molar-refractivity contribution is -0.134. The number of hydrogen-bond donors (Lipinski definition) is 1. The van der Waals surface area contributed by atoms with Gasteiger partial charge in [0.05, 0.1) is 17.7 Å². The van der Waals surface area contributed by atoms with Crippen LogP contribution < -0.4 is 0 Å². The third-order valence-electron chi connectivity index (χ3n) is 9.22. The van der Waals surface area contributed by atoms with Crippen LogP contribution in [0.15, 0.2) is 29.3 Å². The van der Waals surface area contributed by atoms with Crippen LogP contribution in [0.25, 0.3) is 0 Å². The van der Waals surface area contributed by atoms with Crippen molar-refractivity contribution in [1.82, 2.24) is 9.80 Å². The Kier molecular flexibility index (Phi) is 8.51. The van der Waals surface area contributed by atoms with E-state index >= 15 is 0 Å². The highest BCUT2D eigenvalue weighted by molar-refractivity contribution is 6.39. The number of hydrogen-bond acceptors (Lipinski definition) is 5. The Balaban J connectivity index is 1.75. The number of likely N-dealkylation sites (tertiary alicyclic amines) is 1. The molecular weight excluding hydrogens is 490 g/mol. The summed E-state index contributed by atoms with van der Waals surface area (Å²) in [5.41, 5.74) is 0.999. The number of nitrogens with zero attached hydrogens (tertiary/aromatic N) is 3. The molecule has 1 N–H and O–H groups in total. The van der Waals surface area contributed by atoms with Crippen molar-refractivity contribution in [2.24, 2.45) is 21.7 Å². The monoisotopic (exact) mass is 539 g/mol. The van der Waals surface area contributed by atoms with E-state index in [0.29, 0.717) is 18.3 Å². The molecule has 7 heteroatoms. The molecule has 39 heavy (non-hydrogen) atoms. The fraction of sp³-hybridized carbons (Fsp3) is 0.719. The van der Waals surface area contributed by atoms with Crippen molar-refractivity contribution in [3.05, 3.63) is 35.4 Å². The number of rotatable bonds is 6. The Labute approximate surface area is 235 Å². The summed E-state index contributed by atoms with van der Waals surface area (Å²) >= 11 is 0. The molecule has 0 aromatic heterocycles.